The molecule has 1 saturated carbocycles. The Bertz CT molecular complexity index is 1150. The number of hydrogen-bond donors (Lipinski definition) is 0. The number of halogens is 6. The molecular weight excluding hydrogens is 453 g/mol. The number of aromatic nitrogens is 3. The molecule has 1 saturated heterocycles. The van der Waals surface area contributed by atoms with Crippen molar-refractivity contribution in [1.82, 2.24) is 24.3 Å². The molecule has 1 aromatic carbocycles. The maximum absolute atomic E-state index is 13.9. The van der Waals surface area contributed by atoms with Crippen molar-refractivity contribution in [2.75, 3.05) is 26.2 Å². The van der Waals surface area contributed by atoms with Gasteiger partial charge < -0.3 is 4.57 Å². The van der Waals surface area contributed by atoms with E-state index in [0.717, 1.165) is 42.4 Å². The molecule has 3 aromatic rings. The lowest BCUT2D eigenvalue weighted by molar-refractivity contribution is -0.286. The molecule has 0 unspecified atom stereocenters. The summed E-state index contributed by atoms with van der Waals surface area (Å²) in [5.74, 6) is -4.93. The number of hydrogen-bond acceptors (Lipinski definition) is 4. The molecule has 2 fully saturated rings. The average molecular weight is 474 g/mol. The van der Waals surface area contributed by atoms with Gasteiger partial charge in [-0.3, -0.25) is 9.80 Å². The summed E-state index contributed by atoms with van der Waals surface area (Å²) in [6.45, 7) is 2.97. The van der Waals surface area contributed by atoms with Crippen LogP contribution in [0.1, 0.15) is 18.4 Å². The summed E-state index contributed by atoms with van der Waals surface area (Å²) in [5, 5.41) is 0.318. The molecule has 1 aliphatic heterocycles. The smallest absolute Gasteiger partial charge is 0.330 e. The van der Waals surface area contributed by atoms with Gasteiger partial charge in [0.2, 0.25) is 0 Å². The molecule has 0 atom stereocenters. The Balaban J connectivity index is 1.48. The van der Waals surface area contributed by atoms with Gasteiger partial charge in [-0.2, -0.15) is 22.0 Å². The first-order chi connectivity index (χ1) is 15.1. The minimum atomic E-state index is -5.68. The highest BCUT2D eigenvalue weighted by Crippen LogP contribution is 2.40. The fourth-order valence-corrected chi connectivity index (χ4v) is 4.69. The zero-order valence-electron chi connectivity index (χ0n) is 17.0. The highest BCUT2D eigenvalue weighted by molar-refractivity contribution is 6.34. The molecule has 2 aliphatic rings. The standard InChI is InChI=1S/C21H21ClF5N5/c22-19-18-17(28-12-29-19)15-9-13(10-30-5-7-31(8-6-30)14-2-3-14)1-4-16(15)32(18)11-20(23,24)21(25,26)27/h1,4,9,12,14H,2-3,5-8,10-11H2. The summed E-state index contributed by atoms with van der Waals surface area (Å²) in [7, 11) is 0. The van der Waals surface area contributed by atoms with Crippen LogP contribution in [-0.4, -0.2) is 68.7 Å². The molecular formula is C21H21ClF5N5. The topological polar surface area (TPSA) is 37.2 Å². The largest absolute Gasteiger partial charge is 0.455 e. The van der Waals surface area contributed by atoms with E-state index in [2.05, 4.69) is 19.8 Å². The van der Waals surface area contributed by atoms with Crippen molar-refractivity contribution >= 4 is 33.5 Å². The Morgan fingerprint density at radius 1 is 1.00 bits per heavy atom. The molecule has 0 spiro atoms. The lowest BCUT2D eigenvalue weighted by atomic mass is 10.1. The van der Waals surface area contributed by atoms with Crippen LogP contribution in [-0.2, 0) is 13.1 Å². The second-order valence-electron chi connectivity index (χ2n) is 8.54. The SMILES string of the molecule is FC(F)(F)C(F)(F)Cn1c2ccc(CN3CCN(C4CC4)CC3)cc2c2ncnc(Cl)c21. The number of piperazine rings is 1. The van der Waals surface area contributed by atoms with E-state index in [-0.39, 0.29) is 21.7 Å². The molecule has 32 heavy (non-hydrogen) atoms. The normalized spacial score (nSPS) is 19.3. The lowest BCUT2D eigenvalue weighted by Crippen LogP contribution is -2.46. The molecule has 172 valence electrons. The van der Waals surface area contributed by atoms with Crippen LogP contribution in [0.2, 0.25) is 5.15 Å². The van der Waals surface area contributed by atoms with Gasteiger partial charge in [-0.15, -0.1) is 0 Å². The molecule has 0 amide bonds. The summed E-state index contributed by atoms with van der Waals surface area (Å²) < 4.78 is 67.4. The van der Waals surface area contributed by atoms with E-state index in [4.69, 9.17) is 11.6 Å². The van der Waals surface area contributed by atoms with Crippen molar-refractivity contribution in [3.8, 4) is 0 Å². The van der Waals surface area contributed by atoms with E-state index in [1.165, 1.54) is 19.2 Å². The summed E-state index contributed by atoms with van der Waals surface area (Å²) >= 11 is 6.11. The summed E-state index contributed by atoms with van der Waals surface area (Å²) in [4.78, 5) is 12.8. The molecule has 2 aromatic heterocycles. The Morgan fingerprint density at radius 2 is 1.72 bits per heavy atom. The number of benzene rings is 1. The van der Waals surface area contributed by atoms with E-state index < -0.39 is 18.6 Å². The number of rotatable bonds is 5. The molecule has 3 heterocycles. The van der Waals surface area contributed by atoms with Gasteiger partial charge in [0, 0.05) is 44.2 Å². The highest BCUT2D eigenvalue weighted by Gasteiger charge is 2.57. The lowest BCUT2D eigenvalue weighted by Gasteiger charge is -2.34. The van der Waals surface area contributed by atoms with Crippen molar-refractivity contribution in [2.24, 2.45) is 0 Å². The maximum Gasteiger partial charge on any atom is 0.455 e. The van der Waals surface area contributed by atoms with Crippen LogP contribution in [0.15, 0.2) is 24.5 Å². The van der Waals surface area contributed by atoms with Gasteiger partial charge in [-0.05, 0) is 30.5 Å². The predicted octanol–water partition coefficient (Wildman–Crippen LogP) is 4.72. The number of nitrogens with zero attached hydrogens (tertiary/aromatic N) is 5. The van der Waals surface area contributed by atoms with Crippen LogP contribution >= 0.6 is 11.6 Å². The van der Waals surface area contributed by atoms with E-state index in [0.29, 0.717) is 11.9 Å². The fourth-order valence-electron chi connectivity index (χ4n) is 4.46. The van der Waals surface area contributed by atoms with Gasteiger partial charge in [-0.25, -0.2) is 9.97 Å². The maximum atomic E-state index is 13.9. The van der Waals surface area contributed by atoms with Gasteiger partial charge in [0.15, 0.2) is 5.15 Å². The van der Waals surface area contributed by atoms with E-state index in [1.54, 1.807) is 18.2 Å². The van der Waals surface area contributed by atoms with Gasteiger partial charge in [0.1, 0.15) is 17.4 Å². The van der Waals surface area contributed by atoms with Gasteiger partial charge in [-0.1, -0.05) is 17.7 Å². The average Bonchev–Trinajstić information content (AvgIpc) is 3.53. The molecule has 0 radical (unpaired) electrons. The summed E-state index contributed by atoms with van der Waals surface area (Å²) in [6.07, 6.45) is -1.95. The predicted molar refractivity (Wildman–Crippen MR) is 111 cm³/mol. The third-order valence-electron chi connectivity index (χ3n) is 6.30. The second-order valence-corrected chi connectivity index (χ2v) is 8.90. The van der Waals surface area contributed by atoms with Crippen LogP contribution in [0.25, 0.3) is 21.9 Å². The van der Waals surface area contributed by atoms with E-state index in [1.807, 2.05) is 0 Å². The third-order valence-corrected chi connectivity index (χ3v) is 6.58. The summed E-state index contributed by atoms with van der Waals surface area (Å²) in [5.41, 5.74) is 1.39. The molecule has 0 bridgehead atoms. The first-order valence-corrected chi connectivity index (χ1v) is 10.8. The minimum Gasteiger partial charge on any atom is -0.330 e. The Hall–Kier alpha value is -2.04. The van der Waals surface area contributed by atoms with Crippen LogP contribution in [0, 0.1) is 0 Å². The Morgan fingerprint density at radius 3 is 2.38 bits per heavy atom. The molecule has 11 heteroatoms. The molecule has 5 rings (SSSR count). The first kappa shape index (κ1) is 21.8. The van der Waals surface area contributed by atoms with Gasteiger partial charge >= 0.3 is 12.1 Å². The van der Waals surface area contributed by atoms with Crippen molar-refractivity contribution in [2.45, 2.75) is 44.1 Å². The first-order valence-electron chi connectivity index (χ1n) is 10.5. The fraction of sp³-hybridized carbons (Fsp3) is 0.524. The van der Waals surface area contributed by atoms with Crippen molar-refractivity contribution in [1.29, 1.82) is 0 Å². The van der Waals surface area contributed by atoms with Crippen LogP contribution in [0.3, 0.4) is 0 Å². The van der Waals surface area contributed by atoms with Crippen LogP contribution < -0.4 is 0 Å². The van der Waals surface area contributed by atoms with Crippen molar-refractivity contribution in [3.63, 3.8) is 0 Å². The summed E-state index contributed by atoms with van der Waals surface area (Å²) in [6, 6.07) is 5.86. The second kappa shape index (κ2) is 7.78. The van der Waals surface area contributed by atoms with E-state index in [9.17, 15) is 22.0 Å². The van der Waals surface area contributed by atoms with Gasteiger partial charge in [0.05, 0.1) is 12.1 Å². The van der Waals surface area contributed by atoms with E-state index >= 15 is 0 Å². The Labute approximate surface area is 185 Å². The van der Waals surface area contributed by atoms with Crippen molar-refractivity contribution in [3.05, 3.63) is 35.2 Å². The van der Waals surface area contributed by atoms with Gasteiger partial charge in [0.25, 0.3) is 0 Å². The van der Waals surface area contributed by atoms with Crippen molar-refractivity contribution < 1.29 is 22.0 Å². The third kappa shape index (κ3) is 3.92. The monoisotopic (exact) mass is 473 g/mol. The molecule has 5 nitrogen and oxygen atoms in total. The molecule has 0 N–H and O–H groups in total. The number of fused-ring (bicyclic) bond motifs is 3. The quantitative estimate of drug-likeness (QED) is 0.397. The zero-order chi connectivity index (χ0) is 22.7. The minimum absolute atomic E-state index is 0.0247. The molecule has 1 aliphatic carbocycles. The van der Waals surface area contributed by atoms with Crippen LogP contribution in [0.4, 0.5) is 22.0 Å². The Kier molecular flexibility index (Phi) is 5.29. The highest BCUT2D eigenvalue weighted by atomic mass is 35.5. The van der Waals surface area contributed by atoms with Crippen LogP contribution in [0.5, 0.6) is 0 Å². The zero-order valence-corrected chi connectivity index (χ0v) is 17.8. The number of alkyl halides is 5.